The highest BCUT2D eigenvalue weighted by Crippen LogP contribution is 2.18. The lowest BCUT2D eigenvalue weighted by molar-refractivity contribution is 0.0315. The lowest BCUT2D eigenvalue weighted by Gasteiger charge is -2.29. The van der Waals surface area contributed by atoms with Crippen LogP contribution in [0.15, 0.2) is 27.8 Å². The van der Waals surface area contributed by atoms with Crippen molar-refractivity contribution in [3.63, 3.8) is 0 Å². The number of furan rings is 1. The third-order valence-electron chi connectivity index (χ3n) is 5.35. The molecule has 1 N–H and O–H groups in total. The second-order valence-corrected chi connectivity index (χ2v) is 7.53. The molecule has 2 aliphatic heterocycles. The summed E-state index contributed by atoms with van der Waals surface area (Å²) in [6, 6.07) is 3.96. The van der Waals surface area contributed by atoms with Crippen LogP contribution >= 0.6 is 24.0 Å². The smallest absolute Gasteiger partial charge is 0.193 e. The second-order valence-electron chi connectivity index (χ2n) is 7.53. The van der Waals surface area contributed by atoms with Crippen LogP contribution < -0.4 is 5.32 Å². The molecule has 0 bridgehead atoms. The molecule has 1 atom stereocenters. The van der Waals surface area contributed by atoms with Crippen LogP contribution in [0.1, 0.15) is 25.5 Å². The maximum absolute atomic E-state index is 5.47. The van der Waals surface area contributed by atoms with Crippen molar-refractivity contribution in [3.05, 3.63) is 24.2 Å². The molecule has 7 nitrogen and oxygen atoms in total. The minimum atomic E-state index is 0. The van der Waals surface area contributed by atoms with Gasteiger partial charge in [0, 0.05) is 65.4 Å². The van der Waals surface area contributed by atoms with Gasteiger partial charge in [-0.25, -0.2) is 0 Å². The Morgan fingerprint density at radius 2 is 2.17 bits per heavy atom. The van der Waals surface area contributed by atoms with Gasteiger partial charge in [0.05, 0.1) is 19.5 Å². The number of hydrogen-bond donors (Lipinski definition) is 1. The number of aliphatic imine (C=N–C) groups is 1. The van der Waals surface area contributed by atoms with Gasteiger partial charge in [-0.3, -0.25) is 9.89 Å². The molecule has 1 aromatic heterocycles. The van der Waals surface area contributed by atoms with Gasteiger partial charge < -0.3 is 24.1 Å². The highest BCUT2D eigenvalue weighted by atomic mass is 127. The molecule has 3 heterocycles. The van der Waals surface area contributed by atoms with E-state index in [2.05, 4.69) is 15.1 Å². The summed E-state index contributed by atoms with van der Waals surface area (Å²) in [6.45, 7) is 12.4. The predicted octanol–water partition coefficient (Wildman–Crippen LogP) is 2.47. The first-order valence-electron chi connectivity index (χ1n) is 10.8. The van der Waals surface area contributed by atoms with Crippen molar-refractivity contribution in [3.8, 4) is 0 Å². The van der Waals surface area contributed by atoms with Crippen molar-refractivity contribution in [2.75, 3.05) is 72.2 Å². The molecule has 2 fully saturated rings. The van der Waals surface area contributed by atoms with Gasteiger partial charge in [0.1, 0.15) is 5.76 Å². The maximum Gasteiger partial charge on any atom is 0.193 e. The summed E-state index contributed by atoms with van der Waals surface area (Å²) in [4.78, 5) is 9.83. The van der Waals surface area contributed by atoms with Crippen LogP contribution in [-0.2, 0) is 15.9 Å². The summed E-state index contributed by atoms with van der Waals surface area (Å²) < 4.78 is 16.4. The van der Waals surface area contributed by atoms with Crippen molar-refractivity contribution in [2.45, 2.75) is 26.2 Å². The van der Waals surface area contributed by atoms with E-state index in [9.17, 15) is 0 Å². The molecule has 0 saturated carbocycles. The van der Waals surface area contributed by atoms with Crippen LogP contribution in [0, 0.1) is 5.92 Å². The Balaban J connectivity index is 0.00000300. The molecule has 0 aliphatic carbocycles. The Morgan fingerprint density at radius 1 is 1.31 bits per heavy atom. The molecular formula is C21H37IN4O3. The largest absolute Gasteiger partial charge is 0.469 e. The Morgan fingerprint density at radius 3 is 2.93 bits per heavy atom. The summed E-state index contributed by atoms with van der Waals surface area (Å²) in [5, 5.41) is 3.56. The van der Waals surface area contributed by atoms with E-state index < -0.39 is 0 Å². The van der Waals surface area contributed by atoms with Gasteiger partial charge in [0.2, 0.25) is 0 Å². The minimum absolute atomic E-state index is 0. The lowest BCUT2D eigenvalue weighted by Crippen LogP contribution is -2.43. The summed E-state index contributed by atoms with van der Waals surface area (Å²) in [7, 11) is 0. The molecule has 2 saturated heterocycles. The molecule has 0 aromatic carbocycles. The summed E-state index contributed by atoms with van der Waals surface area (Å²) in [6.07, 6.45) is 4.79. The van der Waals surface area contributed by atoms with E-state index in [-0.39, 0.29) is 24.0 Å². The van der Waals surface area contributed by atoms with Crippen LogP contribution in [0.5, 0.6) is 0 Å². The van der Waals surface area contributed by atoms with Gasteiger partial charge in [-0.1, -0.05) is 0 Å². The van der Waals surface area contributed by atoms with E-state index >= 15 is 0 Å². The van der Waals surface area contributed by atoms with Gasteiger partial charge in [-0.2, -0.15) is 0 Å². The molecular weight excluding hydrogens is 483 g/mol. The van der Waals surface area contributed by atoms with Crippen molar-refractivity contribution in [1.29, 1.82) is 0 Å². The zero-order valence-electron chi connectivity index (χ0n) is 17.7. The Kier molecular flexibility index (Phi) is 12.0. The summed E-state index contributed by atoms with van der Waals surface area (Å²) in [5.74, 6) is 2.75. The fourth-order valence-corrected chi connectivity index (χ4v) is 3.84. The molecule has 8 heteroatoms. The van der Waals surface area contributed by atoms with Crippen molar-refractivity contribution in [2.24, 2.45) is 10.9 Å². The third kappa shape index (κ3) is 8.82. The molecule has 3 rings (SSSR count). The van der Waals surface area contributed by atoms with Gasteiger partial charge in [0.25, 0.3) is 0 Å². The average molecular weight is 520 g/mol. The van der Waals surface area contributed by atoms with Crippen LogP contribution in [0.25, 0.3) is 0 Å². The number of nitrogens with one attached hydrogen (secondary N) is 1. The topological polar surface area (TPSA) is 62.5 Å². The normalized spacial score (nSPS) is 20.7. The monoisotopic (exact) mass is 520 g/mol. The molecule has 2 aliphatic rings. The first-order valence-corrected chi connectivity index (χ1v) is 10.8. The van der Waals surface area contributed by atoms with E-state index in [1.807, 2.05) is 19.1 Å². The Hall–Kier alpha value is -0.840. The zero-order chi connectivity index (χ0) is 19.4. The minimum Gasteiger partial charge on any atom is -0.469 e. The van der Waals surface area contributed by atoms with Crippen molar-refractivity contribution < 1.29 is 13.9 Å². The fraction of sp³-hybridized carbons (Fsp3) is 0.762. The first-order chi connectivity index (χ1) is 13.8. The quantitative estimate of drug-likeness (QED) is 0.222. The van der Waals surface area contributed by atoms with Gasteiger partial charge in [0.15, 0.2) is 5.96 Å². The number of halogens is 1. The van der Waals surface area contributed by atoms with E-state index in [0.29, 0.717) is 5.92 Å². The number of morpholine rings is 1. The highest BCUT2D eigenvalue weighted by molar-refractivity contribution is 14.0. The number of ether oxygens (including phenoxy) is 2. The Bertz CT molecular complexity index is 564. The number of guanidine groups is 1. The van der Waals surface area contributed by atoms with Crippen LogP contribution in [-0.4, -0.2) is 88.0 Å². The van der Waals surface area contributed by atoms with E-state index in [4.69, 9.17) is 18.9 Å². The third-order valence-corrected chi connectivity index (χ3v) is 5.35. The van der Waals surface area contributed by atoms with E-state index in [1.165, 1.54) is 13.0 Å². The zero-order valence-corrected chi connectivity index (χ0v) is 20.0. The summed E-state index contributed by atoms with van der Waals surface area (Å²) in [5.41, 5.74) is 0. The van der Waals surface area contributed by atoms with E-state index in [1.54, 1.807) is 6.26 Å². The van der Waals surface area contributed by atoms with Crippen molar-refractivity contribution >= 4 is 29.9 Å². The Labute approximate surface area is 192 Å². The lowest BCUT2D eigenvalue weighted by atomic mass is 10.1. The molecule has 1 aromatic rings. The SMILES string of the molecule is CCOCCCN=C(NCCc1ccco1)N1CCC(CN2CCOCC2)C1.I. The maximum atomic E-state index is 5.47. The van der Waals surface area contributed by atoms with Gasteiger partial charge in [-0.15, -0.1) is 24.0 Å². The van der Waals surface area contributed by atoms with Crippen LogP contribution in [0.4, 0.5) is 0 Å². The van der Waals surface area contributed by atoms with Gasteiger partial charge in [-0.05, 0) is 37.8 Å². The number of hydrogen-bond acceptors (Lipinski definition) is 5. The van der Waals surface area contributed by atoms with Crippen LogP contribution in [0.2, 0.25) is 0 Å². The molecule has 0 spiro atoms. The first kappa shape index (κ1) is 24.4. The number of likely N-dealkylation sites (tertiary alicyclic amines) is 1. The standard InChI is InChI=1S/C21H36N4O3.HI/c1-2-26-13-4-8-22-21(23-9-6-20-5-3-14-28-20)25-10-7-19(18-25)17-24-11-15-27-16-12-24;/h3,5,14,19H,2,4,6-13,15-18H2,1H3,(H,22,23);1H. The fourth-order valence-electron chi connectivity index (χ4n) is 3.84. The molecule has 166 valence electrons. The molecule has 0 amide bonds. The average Bonchev–Trinajstić information content (AvgIpc) is 3.39. The van der Waals surface area contributed by atoms with E-state index in [0.717, 1.165) is 90.3 Å². The van der Waals surface area contributed by atoms with Crippen LogP contribution in [0.3, 0.4) is 0 Å². The summed E-state index contributed by atoms with van der Waals surface area (Å²) >= 11 is 0. The number of rotatable bonds is 10. The molecule has 1 unspecified atom stereocenters. The predicted molar refractivity (Wildman–Crippen MR) is 126 cm³/mol. The highest BCUT2D eigenvalue weighted by Gasteiger charge is 2.27. The van der Waals surface area contributed by atoms with Gasteiger partial charge >= 0.3 is 0 Å². The second kappa shape index (κ2) is 14.2. The van der Waals surface area contributed by atoms with Crippen molar-refractivity contribution in [1.82, 2.24) is 15.1 Å². The molecule has 0 radical (unpaired) electrons. The molecule has 29 heavy (non-hydrogen) atoms. The number of nitrogens with zero attached hydrogens (tertiary/aromatic N) is 3.